The van der Waals surface area contributed by atoms with Crippen LogP contribution >= 0.6 is 15.6 Å². The zero-order valence-corrected chi connectivity index (χ0v) is 68.2. The van der Waals surface area contributed by atoms with Crippen LogP contribution in [0.1, 0.15) is 414 Å². The molecular weight excluding hydrogens is 1330 g/mol. The van der Waals surface area contributed by atoms with Crippen LogP contribution in [-0.2, 0) is 65.4 Å². The monoisotopic (exact) mass is 1490 g/mol. The lowest BCUT2D eigenvalue weighted by atomic mass is 10.0. The van der Waals surface area contributed by atoms with Gasteiger partial charge in [-0.1, -0.05) is 361 Å². The van der Waals surface area contributed by atoms with Crippen molar-refractivity contribution >= 4 is 39.5 Å². The summed E-state index contributed by atoms with van der Waals surface area (Å²) < 4.78 is 68.7. The van der Waals surface area contributed by atoms with Crippen molar-refractivity contribution in [3.8, 4) is 0 Å². The van der Waals surface area contributed by atoms with Crippen molar-refractivity contribution in [2.24, 2.45) is 11.8 Å². The molecule has 0 radical (unpaired) electrons. The number of aliphatic hydroxyl groups is 1. The molecule has 0 aliphatic carbocycles. The summed E-state index contributed by atoms with van der Waals surface area (Å²) in [6.45, 7) is 9.54. The number of allylic oxidation sites excluding steroid dienone is 4. The van der Waals surface area contributed by atoms with E-state index in [4.69, 9.17) is 37.0 Å². The van der Waals surface area contributed by atoms with Crippen molar-refractivity contribution in [1.29, 1.82) is 0 Å². The molecule has 0 heterocycles. The molecule has 2 unspecified atom stereocenters. The standard InChI is InChI=1S/C83H158O17P2/c1-7-9-11-13-15-17-19-21-23-24-25-26-27-28-29-31-33-37-41-49-55-61-67-82(87)99-78(71-93-80(85)65-59-53-47-40-36-32-30-22-20-18-16-14-12-10-8-2)73-97-101(89,90)95-69-77(84)70-96-102(91,92)98-74-79(72-94-81(86)66-60-54-48-44-43-46-52-58-64-76(5)6)100-83(88)68-62-56-50-42-38-34-35-39-45-51-57-63-75(3)4/h18,20,22,30,75-79,84H,7-17,19,21,23-29,31-74H2,1-6H3,(H,89,90)(H,91,92)/b20-18-,30-22-/t77-,78-,79-/m1/s1. The number of hydrogen-bond donors (Lipinski definition) is 3. The first-order valence-electron chi connectivity index (χ1n) is 42.3. The Kier molecular flexibility index (Phi) is 72.2. The summed E-state index contributed by atoms with van der Waals surface area (Å²) in [5.41, 5.74) is 0. The predicted octanol–water partition coefficient (Wildman–Crippen LogP) is 24.6. The van der Waals surface area contributed by atoms with Gasteiger partial charge in [0, 0.05) is 25.7 Å². The van der Waals surface area contributed by atoms with Gasteiger partial charge >= 0.3 is 39.5 Å². The average Bonchev–Trinajstić information content (AvgIpc) is 0.932. The van der Waals surface area contributed by atoms with Crippen molar-refractivity contribution in [2.75, 3.05) is 39.6 Å². The second-order valence-corrected chi connectivity index (χ2v) is 33.0. The Morgan fingerprint density at radius 2 is 0.529 bits per heavy atom. The number of aliphatic hydroxyl groups excluding tert-OH is 1. The van der Waals surface area contributed by atoms with E-state index >= 15 is 0 Å². The zero-order valence-electron chi connectivity index (χ0n) is 66.4. The summed E-state index contributed by atoms with van der Waals surface area (Å²) in [6.07, 6.45) is 67.6. The molecule has 0 spiro atoms. The van der Waals surface area contributed by atoms with E-state index in [0.29, 0.717) is 25.7 Å². The van der Waals surface area contributed by atoms with Crippen LogP contribution in [0.4, 0.5) is 0 Å². The molecule has 0 rings (SSSR count). The van der Waals surface area contributed by atoms with Gasteiger partial charge in [0.15, 0.2) is 12.2 Å². The van der Waals surface area contributed by atoms with E-state index in [1.807, 2.05) is 0 Å². The molecular formula is C83H158O17P2. The van der Waals surface area contributed by atoms with Crippen molar-refractivity contribution in [3.63, 3.8) is 0 Å². The summed E-state index contributed by atoms with van der Waals surface area (Å²) >= 11 is 0. The van der Waals surface area contributed by atoms with Gasteiger partial charge in [-0.25, -0.2) is 9.13 Å². The van der Waals surface area contributed by atoms with Gasteiger partial charge in [0.25, 0.3) is 0 Å². The van der Waals surface area contributed by atoms with Gasteiger partial charge in [0.1, 0.15) is 19.3 Å². The lowest BCUT2D eigenvalue weighted by Crippen LogP contribution is -2.30. The van der Waals surface area contributed by atoms with Crippen molar-refractivity contribution in [3.05, 3.63) is 24.3 Å². The molecule has 0 aromatic rings. The average molecular weight is 1490 g/mol. The number of carbonyl (C=O) groups is 4. The summed E-state index contributed by atoms with van der Waals surface area (Å²) in [4.78, 5) is 73.0. The summed E-state index contributed by atoms with van der Waals surface area (Å²) in [7, 11) is -9.93. The van der Waals surface area contributed by atoms with Crippen molar-refractivity contribution < 1.29 is 80.2 Å². The molecule has 602 valence electrons. The minimum absolute atomic E-state index is 0.102. The van der Waals surface area contributed by atoms with Gasteiger partial charge in [-0.15, -0.1) is 0 Å². The second kappa shape index (κ2) is 74.0. The van der Waals surface area contributed by atoms with E-state index in [2.05, 4.69) is 65.8 Å². The van der Waals surface area contributed by atoms with Gasteiger partial charge in [-0.2, -0.15) is 0 Å². The Morgan fingerprint density at radius 1 is 0.304 bits per heavy atom. The fourth-order valence-corrected chi connectivity index (χ4v) is 13.9. The fourth-order valence-electron chi connectivity index (χ4n) is 12.3. The van der Waals surface area contributed by atoms with Crippen LogP contribution < -0.4 is 0 Å². The predicted molar refractivity (Wildman–Crippen MR) is 418 cm³/mol. The molecule has 0 aromatic carbocycles. The highest BCUT2D eigenvalue weighted by atomic mass is 31.2. The van der Waals surface area contributed by atoms with E-state index in [1.54, 1.807) is 0 Å². The van der Waals surface area contributed by atoms with Crippen LogP contribution in [0.3, 0.4) is 0 Å². The van der Waals surface area contributed by atoms with Crippen molar-refractivity contribution in [2.45, 2.75) is 432 Å². The molecule has 0 fully saturated rings. The maximum absolute atomic E-state index is 13.1. The maximum atomic E-state index is 13.1. The van der Waals surface area contributed by atoms with Crippen LogP contribution in [0.25, 0.3) is 0 Å². The lowest BCUT2D eigenvalue weighted by Gasteiger charge is -2.21. The van der Waals surface area contributed by atoms with Crippen LogP contribution in [0.5, 0.6) is 0 Å². The number of carbonyl (C=O) groups excluding carboxylic acids is 4. The third-order valence-electron chi connectivity index (χ3n) is 18.8. The van der Waals surface area contributed by atoms with Crippen LogP contribution in [-0.4, -0.2) is 96.7 Å². The minimum atomic E-state index is -4.97. The van der Waals surface area contributed by atoms with Gasteiger partial charge in [0.2, 0.25) is 0 Å². The summed E-state index contributed by atoms with van der Waals surface area (Å²) in [5, 5.41) is 10.6. The Labute approximate surface area is 624 Å². The van der Waals surface area contributed by atoms with Crippen LogP contribution in [0, 0.1) is 11.8 Å². The van der Waals surface area contributed by atoms with E-state index in [-0.39, 0.29) is 25.7 Å². The van der Waals surface area contributed by atoms with E-state index in [1.165, 1.54) is 212 Å². The molecule has 0 bridgehead atoms. The SMILES string of the molecule is CCCCCC/C=C\C=C/CCCCCCCC(=O)OC[C@H](COP(=O)(O)OC[C@@H](O)COP(=O)(O)OC[C@@H](COC(=O)CCCCCCCCCCC(C)C)OC(=O)CCCCCCCCCCCCCC(C)C)OC(=O)CCCCCCCCCCCCCCCCCCCCCCCC. The smallest absolute Gasteiger partial charge is 0.462 e. The first-order chi connectivity index (χ1) is 49.4. The Balaban J connectivity index is 5.25. The first kappa shape index (κ1) is 99.5. The largest absolute Gasteiger partial charge is 0.472 e. The number of rotatable bonds is 80. The molecule has 0 aromatic heterocycles. The molecule has 0 saturated carbocycles. The highest BCUT2D eigenvalue weighted by molar-refractivity contribution is 7.47. The number of phosphoric acid groups is 2. The number of esters is 4. The highest BCUT2D eigenvalue weighted by Crippen LogP contribution is 2.45. The Bertz CT molecular complexity index is 2050. The van der Waals surface area contributed by atoms with E-state index in [0.717, 1.165) is 121 Å². The molecule has 5 atom stereocenters. The fraction of sp³-hybridized carbons (Fsp3) is 0.904. The maximum Gasteiger partial charge on any atom is 0.472 e. The molecule has 0 aliphatic rings. The van der Waals surface area contributed by atoms with Gasteiger partial charge in [-0.05, 0) is 63.2 Å². The number of phosphoric ester groups is 2. The Morgan fingerprint density at radius 3 is 0.804 bits per heavy atom. The molecule has 0 amide bonds. The highest BCUT2D eigenvalue weighted by Gasteiger charge is 2.30. The van der Waals surface area contributed by atoms with Crippen molar-refractivity contribution in [1.82, 2.24) is 0 Å². The summed E-state index contributed by atoms with van der Waals surface area (Å²) in [6, 6.07) is 0. The van der Waals surface area contributed by atoms with Gasteiger partial charge in [-0.3, -0.25) is 37.3 Å². The summed E-state index contributed by atoms with van der Waals surface area (Å²) in [5.74, 6) is -0.651. The van der Waals surface area contributed by atoms with Crippen LogP contribution in [0.15, 0.2) is 24.3 Å². The number of ether oxygens (including phenoxy) is 4. The van der Waals surface area contributed by atoms with Crippen LogP contribution in [0.2, 0.25) is 0 Å². The molecule has 3 N–H and O–H groups in total. The first-order valence-corrected chi connectivity index (χ1v) is 45.3. The molecule has 19 heteroatoms. The quantitative estimate of drug-likeness (QED) is 0.0169. The normalized spacial score (nSPS) is 14.0. The second-order valence-electron chi connectivity index (χ2n) is 30.1. The molecule has 0 saturated heterocycles. The number of hydrogen-bond acceptors (Lipinski definition) is 15. The molecule has 102 heavy (non-hydrogen) atoms. The topological polar surface area (TPSA) is 237 Å². The van der Waals surface area contributed by atoms with Gasteiger partial charge < -0.3 is 33.8 Å². The minimum Gasteiger partial charge on any atom is -0.462 e. The van der Waals surface area contributed by atoms with E-state index < -0.39 is 97.5 Å². The zero-order chi connectivity index (χ0) is 74.9. The molecule has 0 aliphatic heterocycles. The third-order valence-corrected chi connectivity index (χ3v) is 20.7. The number of unbranched alkanes of at least 4 members (excludes halogenated alkanes) is 47. The Hall–Kier alpha value is -2.46. The third kappa shape index (κ3) is 75.8. The lowest BCUT2D eigenvalue weighted by molar-refractivity contribution is -0.161. The van der Waals surface area contributed by atoms with Gasteiger partial charge in [0.05, 0.1) is 26.4 Å². The van der Waals surface area contributed by atoms with E-state index in [9.17, 15) is 43.2 Å². The molecule has 17 nitrogen and oxygen atoms in total.